The van der Waals surface area contributed by atoms with E-state index in [1.165, 1.54) is 4.90 Å². The number of fused-ring (bicyclic) bond motifs is 2. The summed E-state index contributed by atoms with van der Waals surface area (Å²) in [4.78, 5) is 13.4. The second-order valence-corrected chi connectivity index (χ2v) is 8.30. The number of hydrogen-bond donors (Lipinski definition) is 1. The highest BCUT2D eigenvalue weighted by molar-refractivity contribution is 6.35. The van der Waals surface area contributed by atoms with E-state index in [-0.39, 0.29) is 5.63 Å². The van der Waals surface area contributed by atoms with Gasteiger partial charge in [0, 0.05) is 38.5 Å². The first kappa shape index (κ1) is 19.3. The van der Waals surface area contributed by atoms with Crippen LogP contribution in [0.3, 0.4) is 0 Å². The monoisotopic (exact) mass is 418 g/mol. The predicted molar refractivity (Wildman–Crippen MR) is 112 cm³/mol. The molecule has 1 atom stereocenters. The van der Waals surface area contributed by atoms with Crippen molar-refractivity contribution < 1.29 is 14.1 Å². The zero-order chi connectivity index (χ0) is 20.0. The predicted octanol–water partition coefficient (Wildman–Crippen LogP) is 4.00. The van der Waals surface area contributed by atoms with Gasteiger partial charge < -0.3 is 9.15 Å². The Bertz CT molecular complexity index is 1140. The van der Waals surface area contributed by atoms with E-state index >= 15 is 0 Å². The number of aryl methyl sites for hydroxylation is 2. The molecule has 1 aromatic heterocycles. The zero-order valence-corrected chi connectivity index (χ0v) is 17.6. The average Bonchev–Trinajstić information content (AvgIpc) is 2.67. The van der Waals surface area contributed by atoms with Gasteiger partial charge in [-0.3, -0.25) is 4.90 Å². The Morgan fingerprint density at radius 3 is 2.61 bits per heavy atom. The van der Waals surface area contributed by atoms with Gasteiger partial charge in [0.1, 0.15) is 17.9 Å². The second-order valence-electron chi connectivity index (χ2n) is 7.46. The van der Waals surface area contributed by atoms with E-state index in [1.807, 2.05) is 26.0 Å². The molecule has 1 unspecified atom stereocenters. The molecule has 1 aliphatic rings. The number of rotatable bonds is 3. The number of halogens is 2. The van der Waals surface area contributed by atoms with Gasteiger partial charge in [0.2, 0.25) is 6.73 Å². The molecule has 2 aromatic carbocycles. The van der Waals surface area contributed by atoms with Gasteiger partial charge in [0.05, 0.1) is 6.54 Å². The molecule has 0 amide bonds. The van der Waals surface area contributed by atoms with Crippen LogP contribution < -0.4 is 15.3 Å². The van der Waals surface area contributed by atoms with Gasteiger partial charge in [-0.25, -0.2) is 4.79 Å². The van der Waals surface area contributed by atoms with Gasteiger partial charge in [-0.15, -0.1) is 0 Å². The molecule has 4 nitrogen and oxygen atoms in total. The summed E-state index contributed by atoms with van der Waals surface area (Å²) in [5, 5.41) is 2.34. The van der Waals surface area contributed by atoms with Gasteiger partial charge in [-0.1, -0.05) is 29.3 Å². The molecular formula is C22H22Cl2NO3+. The molecule has 6 heteroatoms. The quantitative estimate of drug-likeness (QED) is 0.653. The van der Waals surface area contributed by atoms with E-state index in [2.05, 4.69) is 6.07 Å². The minimum atomic E-state index is -0.282. The molecular weight excluding hydrogens is 397 g/mol. The fourth-order valence-electron chi connectivity index (χ4n) is 3.81. The van der Waals surface area contributed by atoms with Crippen LogP contribution in [0.5, 0.6) is 5.75 Å². The maximum atomic E-state index is 12.1. The number of benzene rings is 2. The first-order chi connectivity index (χ1) is 13.3. The summed E-state index contributed by atoms with van der Waals surface area (Å²) in [6.07, 6.45) is 0.851. The van der Waals surface area contributed by atoms with E-state index in [0.717, 1.165) is 52.9 Å². The molecule has 146 valence electrons. The van der Waals surface area contributed by atoms with Crippen molar-refractivity contribution in [3.05, 3.63) is 72.5 Å². The Balaban J connectivity index is 1.61. The molecule has 0 aliphatic carbocycles. The first-order valence-corrected chi connectivity index (χ1v) is 10.1. The summed E-state index contributed by atoms with van der Waals surface area (Å²) in [7, 11) is 0. The van der Waals surface area contributed by atoms with Crippen LogP contribution in [-0.2, 0) is 13.0 Å². The highest BCUT2D eigenvalue weighted by Gasteiger charge is 2.25. The average molecular weight is 419 g/mol. The minimum absolute atomic E-state index is 0.282. The second kappa shape index (κ2) is 7.43. The van der Waals surface area contributed by atoms with E-state index in [9.17, 15) is 4.79 Å². The molecule has 2 heterocycles. The fraction of sp³-hybridized carbons (Fsp3) is 0.318. The third-order valence-electron chi connectivity index (χ3n) is 5.63. The normalized spacial score (nSPS) is 16.1. The molecule has 0 fully saturated rings. The standard InChI is InChI=1S/C22H21Cl2NO3/c1-12-13(2)22(26)28-21-14(3)20-16(8-18(12)21)10-25(11-27-20)7-6-15-4-5-17(23)9-19(15)24/h4-5,8-9H,6-7,10-11H2,1-3H3/p+1. The third kappa shape index (κ3) is 3.41. The SMILES string of the molecule is Cc1c(C)c2cc3c(c(C)c2oc1=O)OC[NH+](CCc1ccc(Cl)cc1Cl)C3. The van der Waals surface area contributed by atoms with Crippen LogP contribution in [0.2, 0.25) is 10.0 Å². The topological polar surface area (TPSA) is 43.9 Å². The summed E-state index contributed by atoms with van der Waals surface area (Å²) in [6, 6.07) is 7.74. The largest absolute Gasteiger partial charge is 0.444 e. The Hall–Kier alpha value is -2.01. The third-order valence-corrected chi connectivity index (χ3v) is 6.21. The van der Waals surface area contributed by atoms with Gasteiger partial charge in [0.15, 0.2) is 0 Å². The smallest absolute Gasteiger partial charge is 0.339 e. The van der Waals surface area contributed by atoms with Crippen molar-refractivity contribution in [1.29, 1.82) is 0 Å². The van der Waals surface area contributed by atoms with Crippen LogP contribution in [0.4, 0.5) is 0 Å². The van der Waals surface area contributed by atoms with Crippen molar-refractivity contribution in [1.82, 2.24) is 0 Å². The lowest BCUT2D eigenvalue weighted by Crippen LogP contribution is -3.12. The molecule has 3 aromatic rings. The summed E-state index contributed by atoms with van der Waals surface area (Å²) in [5.41, 5.74) is 5.10. The summed E-state index contributed by atoms with van der Waals surface area (Å²) in [6.45, 7) is 8.06. The van der Waals surface area contributed by atoms with Gasteiger partial charge in [-0.05, 0) is 50.1 Å². The highest BCUT2D eigenvalue weighted by Crippen LogP contribution is 2.33. The van der Waals surface area contributed by atoms with Crippen LogP contribution >= 0.6 is 23.2 Å². The van der Waals surface area contributed by atoms with Crippen molar-refractivity contribution in [3.63, 3.8) is 0 Å². The maximum absolute atomic E-state index is 12.1. The summed E-state index contributed by atoms with van der Waals surface area (Å²) >= 11 is 12.3. The lowest BCUT2D eigenvalue weighted by atomic mass is 9.99. The molecule has 1 N–H and O–H groups in total. The van der Waals surface area contributed by atoms with Crippen molar-refractivity contribution in [2.75, 3.05) is 13.3 Å². The highest BCUT2D eigenvalue weighted by atomic mass is 35.5. The molecule has 0 spiro atoms. The fourth-order valence-corrected chi connectivity index (χ4v) is 4.31. The van der Waals surface area contributed by atoms with Crippen LogP contribution in [0.25, 0.3) is 11.0 Å². The van der Waals surface area contributed by atoms with Crippen LogP contribution in [-0.4, -0.2) is 13.3 Å². The molecule has 0 bridgehead atoms. The van der Waals surface area contributed by atoms with E-state index < -0.39 is 0 Å². The molecule has 0 radical (unpaired) electrons. The molecule has 0 saturated carbocycles. The lowest BCUT2D eigenvalue weighted by Gasteiger charge is -2.28. The Kier molecular flexibility index (Phi) is 5.13. The van der Waals surface area contributed by atoms with Gasteiger partial charge in [0.25, 0.3) is 0 Å². The van der Waals surface area contributed by atoms with Crippen LogP contribution in [0.1, 0.15) is 27.8 Å². The van der Waals surface area contributed by atoms with Gasteiger partial charge >= 0.3 is 5.63 Å². The van der Waals surface area contributed by atoms with Crippen molar-refractivity contribution in [2.45, 2.75) is 33.7 Å². The molecule has 0 saturated heterocycles. The summed E-state index contributed by atoms with van der Waals surface area (Å²) < 4.78 is 11.6. The molecule has 1 aliphatic heterocycles. The van der Waals surface area contributed by atoms with E-state index in [0.29, 0.717) is 27.9 Å². The first-order valence-electron chi connectivity index (χ1n) is 9.32. The van der Waals surface area contributed by atoms with Crippen LogP contribution in [0, 0.1) is 20.8 Å². The minimum Gasteiger partial charge on any atom is -0.444 e. The maximum Gasteiger partial charge on any atom is 0.339 e. The number of quaternary nitrogens is 1. The van der Waals surface area contributed by atoms with Crippen molar-refractivity contribution in [2.24, 2.45) is 0 Å². The molecule has 4 rings (SSSR count). The Morgan fingerprint density at radius 1 is 1.07 bits per heavy atom. The van der Waals surface area contributed by atoms with E-state index in [4.69, 9.17) is 32.4 Å². The lowest BCUT2D eigenvalue weighted by molar-refractivity contribution is -0.932. The number of hydrogen-bond acceptors (Lipinski definition) is 3. The number of nitrogens with one attached hydrogen (secondary N) is 1. The zero-order valence-electron chi connectivity index (χ0n) is 16.1. The van der Waals surface area contributed by atoms with Crippen molar-refractivity contribution >= 4 is 34.2 Å². The number of ether oxygens (including phenoxy) is 1. The van der Waals surface area contributed by atoms with Crippen LogP contribution in [0.15, 0.2) is 33.5 Å². The van der Waals surface area contributed by atoms with E-state index in [1.54, 1.807) is 13.0 Å². The Morgan fingerprint density at radius 2 is 1.86 bits per heavy atom. The summed E-state index contributed by atoms with van der Waals surface area (Å²) in [5.74, 6) is 0.840. The van der Waals surface area contributed by atoms with Crippen molar-refractivity contribution in [3.8, 4) is 5.75 Å². The van der Waals surface area contributed by atoms with Gasteiger partial charge in [-0.2, -0.15) is 0 Å². The molecule has 28 heavy (non-hydrogen) atoms. The Labute approximate surface area is 173 Å².